The van der Waals surface area contributed by atoms with Gasteiger partial charge in [-0.05, 0) is 147 Å². The van der Waals surface area contributed by atoms with Crippen LogP contribution in [-0.2, 0) is 4.79 Å². The van der Waals surface area contributed by atoms with Gasteiger partial charge in [0.25, 0.3) is 0 Å². The fourth-order valence-corrected chi connectivity index (χ4v) is 14.0. The van der Waals surface area contributed by atoms with Crippen LogP contribution in [0.3, 0.4) is 0 Å². The zero-order valence-corrected chi connectivity index (χ0v) is 32.7. The highest BCUT2D eigenvalue weighted by Gasteiger charge is 2.68. The number of nitrogens with one attached hydrogen (secondary N) is 1. The molecule has 2 N–H and O–H groups in total. The van der Waals surface area contributed by atoms with Gasteiger partial charge in [0.05, 0.1) is 5.56 Å². The van der Waals surface area contributed by atoms with Gasteiger partial charge in [0.2, 0.25) is 5.91 Å². The number of hydrogen-bond acceptors (Lipinski definition) is 3. The lowest BCUT2D eigenvalue weighted by atomic mass is 9.34. The predicted molar refractivity (Wildman–Crippen MR) is 208 cm³/mol. The Labute approximate surface area is 313 Å². The molecule has 6 aliphatic carbocycles. The molecule has 9 atom stereocenters. The molecular formula is C45H65N3O4. The van der Waals surface area contributed by atoms with Crippen LogP contribution in [0.2, 0.25) is 0 Å². The van der Waals surface area contributed by atoms with Gasteiger partial charge in [0.15, 0.2) is 0 Å². The maximum atomic E-state index is 13.9. The topological polar surface area (TPSA) is 89.9 Å². The number of fused-ring (bicyclic) bond motifs is 7. The summed E-state index contributed by atoms with van der Waals surface area (Å²) in [5.74, 6) is 2.13. The summed E-state index contributed by atoms with van der Waals surface area (Å²) in [5, 5.41) is 13.1. The number of amides is 3. The standard InChI is InChI=1S/C42H59N3O4.C3H6/c1-27-31(28-11-13-29(14-12-28)37(47)48)17-20-39(2)32(27)18-21-41(4)35(39)16-15-33-34-10-7-19-42(34,23-22-40(33,41)3)43-38(49)44-24-25-45(36(46)26-44)30-8-5-6-9-30;1-3-2/h11-14,17,27,30,32-35H,5-10,15-16,18-26H2,1-4H3,(H,43,49)(H,47,48);3H,1H2,2H3/t27?,32?,33?,34?,35?,39?,40-,41?,42?;/m1./s1. The Bertz CT molecular complexity index is 1580. The van der Waals surface area contributed by atoms with Crippen molar-refractivity contribution in [3.8, 4) is 0 Å². The summed E-state index contributed by atoms with van der Waals surface area (Å²) in [6.07, 6.45) is 20.7. The number of carboxylic acid groups (broad SMARTS) is 1. The number of urea groups is 1. The minimum absolute atomic E-state index is 0.000716. The molecule has 284 valence electrons. The summed E-state index contributed by atoms with van der Waals surface area (Å²) < 4.78 is 0. The molecule has 7 heteroatoms. The van der Waals surface area contributed by atoms with Crippen molar-refractivity contribution in [3.63, 3.8) is 0 Å². The van der Waals surface area contributed by atoms with Gasteiger partial charge in [-0.1, -0.05) is 71.2 Å². The van der Waals surface area contributed by atoms with E-state index in [1.165, 1.54) is 68.9 Å². The van der Waals surface area contributed by atoms with Gasteiger partial charge in [-0.15, -0.1) is 6.58 Å². The first-order chi connectivity index (χ1) is 24.8. The average molecular weight is 712 g/mol. The minimum atomic E-state index is -0.871. The van der Waals surface area contributed by atoms with Crippen molar-refractivity contribution in [1.82, 2.24) is 15.1 Å². The van der Waals surface area contributed by atoms with Crippen molar-refractivity contribution in [1.29, 1.82) is 0 Å². The number of carbonyl (C=O) groups is 3. The molecule has 5 saturated carbocycles. The number of allylic oxidation sites excluding steroid dienone is 3. The first-order valence-electron chi connectivity index (χ1n) is 20.8. The molecule has 8 unspecified atom stereocenters. The predicted octanol–water partition coefficient (Wildman–Crippen LogP) is 9.58. The van der Waals surface area contributed by atoms with Crippen LogP contribution in [0.1, 0.15) is 140 Å². The fourth-order valence-electron chi connectivity index (χ4n) is 14.0. The summed E-state index contributed by atoms with van der Waals surface area (Å²) in [5.41, 5.74) is 3.54. The highest BCUT2D eigenvalue weighted by Crippen LogP contribution is 2.75. The van der Waals surface area contributed by atoms with Crippen LogP contribution in [0, 0.1) is 45.8 Å². The lowest BCUT2D eigenvalue weighted by Crippen LogP contribution is -2.68. The van der Waals surface area contributed by atoms with E-state index >= 15 is 0 Å². The molecule has 1 heterocycles. The Kier molecular flexibility index (Phi) is 9.99. The molecule has 1 aromatic rings. The van der Waals surface area contributed by atoms with Gasteiger partial charge < -0.3 is 20.2 Å². The van der Waals surface area contributed by atoms with E-state index in [2.05, 4.69) is 50.6 Å². The van der Waals surface area contributed by atoms with Gasteiger partial charge in [-0.3, -0.25) is 4.79 Å². The second-order valence-electron chi connectivity index (χ2n) is 18.7. The zero-order valence-electron chi connectivity index (χ0n) is 32.7. The van der Waals surface area contributed by atoms with Gasteiger partial charge in [-0.2, -0.15) is 0 Å². The molecule has 1 saturated heterocycles. The molecule has 7 aliphatic rings. The Balaban J connectivity index is 0.00000136. The van der Waals surface area contributed by atoms with Crippen LogP contribution in [0.25, 0.3) is 5.57 Å². The molecule has 0 bridgehead atoms. The van der Waals surface area contributed by atoms with Gasteiger partial charge >= 0.3 is 12.0 Å². The normalized spacial score (nSPS) is 39.9. The molecule has 3 amide bonds. The molecule has 0 aromatic heterocycles. The van der Waals surface area contributed by atoms with Crippen molar-refractivity contribution in [2.24, 2.45) is 45.8 Å². The number of nitrogens with zero attached hydrogens (tertiary/aromatic N) is 2. The van der Waals surface area contributed by atoms with Crippen LogP contribution in [0.4, 0.5) is 4.79 Å². The number of hydrogen-bond donors (Lipinski definition) is 2. The van der Waals surface area contributed by atoms with Crippen LogP contribution in [0.5, 0.6) is 0 Å². The molecule has 8 rings (SSSR count). The Morgan fingerprint density at radius 1 is 0.865 bits per heavy atom. The summed E-state index contributed by atoms with van der Waals surface area (Å²) in [6, 6.07) is 7.91. The van der Waals surface area contributed by atoms with Gasteiger partial charge in [0, 0.05) is 24.7 Å². The van der Waals surface area contributed by atoms with E-state index in [0.717, 1.165) is 32.1 Å². The minimum Gasteiger partial charge on any atom is -0.478 e. The number of piperazine rings is 1. The lowest BCUT2D eigenvalue weighted by Gasteiger charge is -2.71. The third-order valence-corrected chi connectivity index (χ3v) is 16.7. The van der Waals surface area contributed by atoms with Crippen LogP contribution in [-0.4, -0.2) is 64.0 Å². The van der Waals surface area contributed by atoms with E-state index in [9.17, 15) is 19.5 Å². The van der Waals surface area contributed by atoms with E-state index in [-0.39, 0.29) is 40.3 Å². The summed E-state index contributed by atoms with van der Waals surface area (Å²) in [7, 11) is 0. The van der Waals surface area contributed by atoms with Crippen LogP contribution >= 0.6 is 0 Å². The number of aromatic carboxylic acids is 1. The summed E-state index contributed by atoms with van der Waals surface area (Å²) >= 11 is 0. The average Bonchev–Trinajstić information content (AvgIpc) is 3.80. The first kappa shape index (κ1) is 37.2. The zero-order chi connectivity index (χ0) is 37.1. The quantitative estimate of drug-likeness (QED) is 0.305. The largest absolute Gasteiger partial charge is 0.478 e. The molecule has 1 aliphatic heterocycles. The van der Waals surface area contributed by atoms with Crippen molar-refractivity contribution in [2.45, 2.75) is 136 Å². The second-order valence-corrected chi connectivity index (χ2v) is 18.7. The summed E-state index contributed by atoms with van der Waals surface area (Å²) in [6.45, 7) is 17.2. The van der Waals surface area contributed by atoms with Crippen LogP contribution in [0.15, 0.2) is 43.0 Å². The van der Waals surface area contributed by atoms with Crippen molar-refractivity contribution < 1.29 is 19.5 Å². The first-order valence-corrected chi connectivity index (χ1v) is 20.8. The third-order valence-electron chi connectivity index (χ3n) is 16.7. The second kappa shape index (κ2) is 14.0. The van der Waals surface area contributed by atoms with E-state index in [1.807, 2.05) is 24.0 Å². The Morgan fingerprint density at radius 3 is 2.25 bits per heavy atom. The fraction of sp³-hybridized carbons (Fsp3) is 0.711. The van der Waals surface area contributed by atoms with E-state index in [1.54, 1.807) is 18.2 Å². The number of benzene rings is 1. The number of carboxylic acids is 1. The molecule has 52 heavy (non-hydrogen) atoms. The smallest absolute Gasteiger partial charge is 0.335 e. The van der Waals surface area contributed by atoms with E-state index < -0.39 is 5.97 Å². The maximum absolute atomic E-state index is 13.9. The van der Waals surface area contributed by atoms with E-state index in [4.69, 9.17) is 0 Å². The third kappa shape index (κ3) is 5.86. The van der Waals surface area contributed by atoms with Crippen LogP contribution < -0.4 is 5.32 Å². The SMILES string of the molecule is C=CC.CC1C(c2ccc(C(=O)O)cc2)=CCC2(C)C1CCC1(C)C2CCC2C3CCCC3(NC(=O)N3CCN(C4CCCC4)C(=O)C3)CC[C@]21C. The van der Waals surface area contributed by atoms with Crippen molar-refractivity contribution >= 4 is 23.5 Å². The van der Waals surface area contributed by atoms with E-state index in [0.29, 0.717) is 54.3 Å². The highest BCUT2D eigenvalue weighted by molar-refractivity contribution is 5.88. The summed E-state index contributed by atoms with van der Waals surface area (Å²) in [4.78, 5) is 42.5. The maximum Gasteiger partial charge on any atom is 0.335 e. The molecule has 0 radical (unpaired) electrons. The highest BCUT2D eigenvalue weighted by atomic mass is 16.4. The molecule has 6 fully saturated rings. The molecular weight excluding hydrogens is 647 g/mol. The molecule has 0 spiro atoms. The Morgan fingerprint density at radius 2 is 1.58 bits per heavy atom. The monoisotopic (exact) mass is 711 g/mol. The lowest BCUT2D eigenvalue weighted by molar-refractivity contribution is -0.210. The molecule has 1 aromatic carbocycles. The van der Waals surface area contributed by atoms with Gasteiger partial charge in [-0.25, -0.2) is 9.59 Å². The van der Waals surface area contributed by atoms with Crippen molar-refractivity contribution in [3.05, 3.63) is 54.1 Å². The number of carbonyl (C=O) groups excluding carboxylic acids is 2. The molecule has 7 nitrogen and oxygen atoms in total. The van der Waals surface area contributed by atoms with Crippen molar-refractivity contribution in [2.75, 3.05) is 19.6 Å². The Hall–Kier alpha value is -3.09. The van der Waals surface area contributed by atoms with Gasteiger partial charge in [0.1, 0.15) is 6.54 Å². The number of rotatable bonds is 4.